The van der Waals surface area contributed by atoms with Crippen molar-refractivity contribution in [3.63, 3.8) is 0 Å². The van der Waals surface area contributed by atoms with E-state index in [0.717, 1.165) is 31.3 Å². The molecular formula is C20H27FO2. The summed E-state index contributed by atoms with van der Waals surface area (Å²) in [6, 6.07) is 0. The van der Waals surface area contributed by atoms with Crippen LogP contribution < -0.4 is 0 Å². The topological polar surface area (TPSA) is 37.3 Å². The Labute approximate surface area is 137 Å². The minimum Gasteiger partial charge on any atom is -0.389 e. The molecule has 4 aliphatic carbocycles. The molecule has 0 aromatic carbocycles. The summed E-state index contributed by atoms with van der Waals surface area (Å²) in [7, 11) is 0. The Morgan fingerprint density at radius 1 is 1.17 bits per heavy atom. The minimum absolute atomic E-state index is 0.0944. The lowest BCUT2D eigenvalue weighted by Gasteiger charge is -2.58. The largest absolute Gasteiger partial charge is 0.389 e. The fourth-order valence-corrected chi connectivity index (χ4v) is 5.98. The van der Waals surface area contributed by atoms with E-state index < -0.39 is 17.2 Å². The number of alkyl halides is 1. The van der Waals surface area contributed by atoms with Gasteiger partial charge in [0.15, 0.2) is 11.5 Å². The molecule has 23 heavy (non-hydrogen) atoms. The van der Waals surface area contributed by atoms with Gasteiger partial charge in [0.2, 0.25) is 0 Å². The zero-order valence-electron chi connectivity index (χ0n) is 14.4. The molecular weight excluding hydrogens is 291 g/mol. The molecule has 4 aliphatic rings. The lowest BCUT2D eigenvalue weighted by molar-refractivity contribution is -0.140. The van der Waals surface area contributed by atoms with E-state index in [1.807, 2.05) is 6.92 Å². The zero-order chi connectivity index (χ0) is 16.6. The first-order valence-corrected chi connectivity index (χ1v) is 9.03. The van der Waals surface area contributed by atoms with E-state index in [9.17, 15) is 9.90 Å². The molecule has 0 spiro atoms. The molecule has 1 saturated carbocycles. The predicted molar refractivity (Wildman–Crippen MR) is 87.7 cm³/mol. The smallest absolute Gasteiger partial charge is 0.155 e. The summed E-state index contributed by atoms with van der Waals surface area (Å²) in [6.45, 7) is 6.40. The molecule has 0 radical (unpaired) electrons. The molecule has 4 rings (SSSR count). The third-order valence-electron chi connectivity index (χ3n) is 7.50. The molecule has 0 heterocycles. The minimum atomic E-state index is -1.61. The van der Waals surface area contributed by atoms with Gasteiger partial charge in [-0.2, -0.15) is 0 Å². The number of fused-ring (bicyclic) bond motifs is 4. The second kappa shape index (κ2) is 4.56. The molecule has 0 amide bonds. The van der Waals surface area contributed by atoms with E-state index in [-0.39, 0.29) is 17.1 Å². The molecule has 0 aromatic heterocycles. The maximum atomic E-state index is 16.5. The van der Waals surface area contributed by atoms with Crippen molar-refractivity contribution in [3.8, 4) is 0 Å². The molecule has 0 aromatic rings. The lowest BCUT2D eigenvalue weighted by Crippen LogP contribution is -2.62. The lowest BCUT2D eigenvalue weighted by atomic mass is 9.49. The van der Waals surface area contributed by atoms with Crippen molar-refractivity contribution in [2.45, 2.75) is 77.5 Å². The number of aliphatic hydroxyl groups excluding tert-OH is 1. The van der Waals surface area contributed by atoms with Crippen LogP contribution in [0.5, 0.6) is 0 Å². The van der Waals surface area contributed by atoms with Gasteiger partial charge in [0.05, 0.1) is 6.10 Å². The highest BCUT2D eigenvalue weighted by atomic mass is 19.1. The fourth-order valence-electron chi connectivity index (χ4n) is 5.98. The summed E-state index contributed by atoms with van der Waals surface area (Å²) in [5.74, 6) is -0.0508. The zero-order valence-corrected chi connectivity index (χ0v) is 14.4. The number of allylic oxidation sites excluding steroid dienone is 3. The Morgan fingerprint density at radius 3 is 2.65 bits per heavy atom. The van der Waals surface area contributed by atoms with Gasteiger partial charge in [0.25, 0.3) is 0 Å². The number of hydrogen-bond acceptors (Lipinski definition) is 2. The molecule has 0 aliphatic heterocycles. The maximum absolute atomic E-state index is 16.5. The van der Waals surface area contributed by atoms with Gasteiger partial charge >= 0.3 is 0 Å². The van der Waals surface area contributed by atoms with Crippen molar-refractivity contribution in [2.24, 2.45) is 16.7 Å². The molecule has 2 nitrogen and oxygen atoms in total. The Bertz CT molecular complexity index is 644. The third kappa shape index (κ3) is 1.80. The van der Waals surface area contributed by atoms with Crippen LogP contribution in [0.15, 0.2) is 22.8 Å². The highest BCUT2D eigenvalue weighted by molar-refractivity contribution is 5.91. The van der Waals surface area contributed by atoms with Crippen molar-refractivity contribution >= 4 is 5.78 Å². The van der Waals surface area contributed by atoms with E-state index in [1.165, 1.54) is 11.1 Å². The van der Waals surface area contributed by atoms with Crippen LogP contribution in [-0.2, 0) is 4.79 Å². The highest BCUT2D eigenvalue weighted by Gasteiger charge is 2.65. The van der Waals surface area contributed by atoms with Crippen LogP contribution in [0.25, 0.3) is 0 Å². The van der Waals surface area contributed by atoms with Crippen LogP contribution in [0.1, 0.15) is 65.7 Å². The molecule has 0 bridgehead atoms. The van der Waals surface area contributed by atoms with Crippen LogP contribution in [0.2, 0.25) is 0 Å². The van der Waals surface area contributed by atoms with Crippen LogP contribution in [-0.4, -0.2) is 22.7 Å². The second-order valence-electron chi connectivity index (χ2n) is 8.93. The van der Waals surface area contributed by atoms with E-state index >= 15 is 4.39 Å². The van der Waals surface area contributed by atoms with Crippen LogP contribution in [0.3, 0.4) is 0 Å². The van der Waals surface area contributed by atoms with Gasteiger partial charge in [-0.25, -0.2) is 4.39 Å². The number of aliphatic hydroxyl groups is 1. The Kier molecular flexibility index (Phi) is 3.09. The van der Waals surface area contributed by atoms with E-state index in [1.54, 1.807) is 6.08 Å². The number of rotatable bonds is 0. The molecule has 1 N–H and O–H groups in total. The number of carbonyl (C=O) groups is 1. The van der Waals surface area contributed by atoms with Gasteiger partial charge < -0.3 is 5.11 Å². The number of hydrogen-bond donors (Lipinski definition) is 1. The Morgan fingerprint density at radius 2 is 1.91 bits per heavy atom. The average molecular weight is 318 g/mol. The van der Waals surface area contributed by atoms with Crippen molar-refractivity contribution < 1.29 is 14.3 Å². The van der Waals surface area contributed by atoms with E-state index in [4.69, 9.17) is 0 Å². The monoisotopic (exact) mass is 318 g/mol. The van der Waals surface area contributed by atoms with Gasteiger partial charge in [-0.3, -0.25) is 4.79 Å². The van der Waals surface area contributed by atoms with Crippen LogP contribution >= 0.6 is 0 Å². The molecule has 0 saturated heterocycles. The third-order valence-corrected chi connectivity index (χ3v) is 7.50. The average Bonchev–Trinajstić information content (AvgIpc) is 2.77. The first kappa shape index (κ1) is 15.6. The van der Waals surface area contributed by atoms with E-state index in [0.29, 0.717) is 19.3 Å². The first-order chi connectivity index (χ1) is 10.7. The summed E-state index contributed by atoms with van der Waals surface area (Å²) in [5, 5.41) is 10.9. The van der Waals surface area contributed by atoms with Crippen LogP contribution in [0, 0.1) is 16.7 Å². The normalized spacial score (nSPS) is 45.3. The number of carbonyl (C=O) groups excluding carboxylic acids is 1. The molecule has 4 atom stereocenters. The van der Waals surface area contributed by atoms with Gasteiger partial charge in [-0.15, -0.1) is 0 Å². The van der Waals surface area contributed by atoms with Crippen molar-refractivity contribution in [3.05, 3.63) is 22.8 Å². The summed E-state index contributed by atoms with van der Waals surface area (Å²) >= 11 is 0. The quantitative estimate of drug-likeness (QED) is 0.677. The molecule has 1 unspecified atom stereocenters. The maximum Gasteiger partial charge on any atom is 0.155 e. The van der Waals surface area contributed by atoms with Crippen molar-refractivity contribution in [1.29, 1.82) is 0 Å². The second-order valence-corrected chi connectivity index (χ2v) is 8.93. The Balaban J connectivity index is 1.85. The summed E-state index contributed by atoms with van der Waals surface area (Å²) in [5.41, 5.74) is 1.34. The summed E-state index contributed by atoms with van der Waals surface area (Å²) < 4.78 is 16.5. The Hall–Kier alpha value is -0.960. The number of ketones is 1. The van der Waals surface area contributed by atoms with Gasteiger partial charge in [0.1, 0.15) is 0 Å². The van der Waals surface area contributed by atoms with Crippen LogP contribution in [0.4, 0.5) is 4.39 Å². The summed E-state index contributed by atoms with van der Waals surface area (Å²) in [6.07, 6.45) is 5.69. The molecule has 1 fully saturated rings. The SMILES string of the molecule is CC1(C)CCC2=C1CC(O)[C@@]1(F)[C@H]2CCC2=CC(=O)CC[C@@]21C. The van der Waals surface area contributed by atoms with Gasteiger partial charge in [-0.1, -0.05) is 37.5 Å². The predicted octanol–water partition coefficient (Wildman–Crippen LogP) is 4.28. The van der Waals surface area contributed by atoms with Gasteiger partial charge in [-0.05, 0) is 50.0 Å². The molecule has 3 heteroatoms. The highest BCUT2D eigenvalue weighted by Crippen LogP contribution is 2.65. The summed E-state index contributed by atoms with van der Waals surface area (Å²) in [4.78, 5) is 11.8. The van der Waals surface area contributed by atoms with Gasteiger partial charge in [0, 0.05) is 17.8 Å². The van der Waals surface area contributed by atoms with Crippen molar-refractivity contribution in [1.82, 2.24) is 0 Å². The van der Waals surface area contributed by atoms with E-state index in [2.05, 4.69) is 13.8 Å². The number of halogens is 1. The van der Waals surface area contributed by atoms with Crippen molar-refractivity contribution in [2.75, 3.05) is 0 Å². The fraction of sp³-hybridized carbons (Fsp3) is 0.750. The standard InChI is InChI=1S/C20H27FO2/c1-18(2)8-7-14-15-5-4-12-10-13(22)6-9-19(12,3)20(15,21)17(23)11-16(14)18/h10,15,17,23H,4-9,11H2,1-3H3/t15-,17?,19-,20-/m0/s1. The molecule has 126 valence electrons. The first-order valence-electron chi connectivity index (χ1n) is 9.03.